The Hall–Kier alpha value is -0.350. The van der Waals surface area contributed by atoms with Crippen molar-refractivity contribution in [3.63, 3.8) is 0 Å². The normalized spacial score (nSPS) is 16.9. The molecule has 0 radical (unpaired) electrons. The van der Waals surface area contributed by atoms with E-state index >= 15 is 0 Å². The average Bonchev–Trinajstić information content (AvgIpc) is 2.78. The van der Waals surface area contributed by atoms with Crippen molar-refractivity contribution in [3.8, 4) is 0 Å². The number of amides is 1. The highest BCUT2D eigenvalue weighted by Crippen LogP contribution is 2.27. The minimum atomic E-state index is 0.0840. The van der Waals surface area contributed by atoms with Crippen molar-refractivity contribution in [2.75, 3.05) is 0 Å². The molecular weight excluding hydrogens is 274 g/mol. The summed E-state index contributed by atoms with van der Waals surface area (Å²) in [4.78, 5) is 12.7. The number of carbonyl (C=O) groups is 1. The highest BCUT2D eigenvalue weighted by molar-refractivity contribution is 9.11. The quantitative estimate of drug-likeness (QED) is 0.886. The third-order valence-corrected chi connectivity index (χ3v) is 4.91. The van der Waals surface area contributed by atoms with Crippen molar-refractivity contribution < 1.29 is 4.79 Å². The van der Waals surface area contributed by atoms with E-state index in [2.05, 4.69) is 21.2 Å². The maximum atomic E-state index is 11.8. The third kappa shape index (κ3) is 2.61. The van der Waals surface area contributed by atoms with Crippen LogP contribution in [-0.4, -0.2) is 11.9 Å². The summed E-state index contributed by atoms with van der Waals surface area (Å²) in [6.45, 7) is 2.01. The van der Waals surface area contributed by atoms with E-state index in [0.717, 1.165) is 27.1 Å². The molecule has 2 nitrogen and oxygen atoms in total. The van der Waals surface area contributed by atoms with Crippen molar-refractivity contribution in [1.82, 2.24) is 5.32 Å². The van der Waals surface area contributed by atoms with E-state index in [4.69, 9.17) is 0 Å². The molecule has 1 aromatic rings. The van der Waals surface area contributed by atoms with Gasteiger partial charge in [0.05, 0.1) is 8.66 Å². The van der Waals surface area contributed by atoms with Crippen LogP contribution in [0.4, 0.5) is 0 Å². The van der Waals surface area contributed by atoms with Crippen LogP contribution in [0.5, 0.6) is 0 Å². The first-order valence-electron chi connectivity index (χ1n) is 5.23. The van der Waals surface area contributed by atoms with Crippen LogP contribution in [0.2, 0.25) is 0 Å². The van der Waals surface area contributed by atoms with Gasteiger partial charge in [0.2, 0.25) is 0 Å². The van der Waals surface area contributed by atoms with Crippen LogP contribution in [-0.2, 0) is 0 Å². The van der Waals surface area contributed by atoms with Gasteiger partial charge in [-0.05, 0) is 47.3 Å². The maximum absolute atomic E-state index is 11.8. The predicted molar refractivity (Wildman–Crippen MR) is 66.5 cm³/mol. The van der Waals surface area contributed by atoms with Gasteiger partial charge in [0, 0.05) is 6.04 Å². The zero-order chi connectivity index (χ0) is 10.8. The molecule has 1 heterocycles. The molecule has 1 amide bonds. The summed E-state index contributed by atoms with van der Waals surface area (Å²) in [5.41, 5.74) is 1.14. The molecular formula is C11H14BrNOS. The molecule has 1 N–H and O–H groups in total. The minimum Gasteiger partial charge on any atom is -0.349 e. The number of nitrogens with one attached hydrogen (secondary N) is 1. The fraction of sp³-hybridized carbons (Fsp3) is 0.545. The molecule has 15 heavy (non-hydrogen) atoms. The molecule has 2 rings (SSSR count). The Bertz CT molecular complexity index is 349. The fourth-order valence-electron chi connectivity index (χ4n) is 1.90. The first-order chi connectivity index (χ1) is 7.16. The molecule has 0 aliphatic heterocycles. The SMILES string of the molecule is Cc1cc(C(=O)NC2CCCC2)sc1Br. The first-order valence-corrected chi connectivity index (χ1v) is 6.84. The number of hydrogen-bond donors (Lipinski definition) is 1. The molecule has 1 aliphatic carbocycles. The van der Waals surface area contributed by atoms with Crippen LogP contribution in [0.25, 0.3) is 0 Å². The highest BCUT2D eigenvalue weighted by atomic mass is 79.9. The molecule has 1 saturated carbocycles. The van der Waals surface area contributed by atoms with E-state index in [1.165, 1.54) is 24.2 Å². The number of thiophene rings is 1. The van der Waals surface area contributed by atoms with E-state index in [0.29, 0.717) is 6.04 Å². The standard InChI is InChI=1S/C11H14BrNOS/c1-7-6-9(15-10(7)12)11(14)13-8-4-2-3-5-8/h6,8H,2-5H2,1H3,(H,13,14). The number of aryl methyl sites for hydroxylation is 1. The van der Waals surface area contributed by atoms with Gasteiger partial charge in [-0.25, -0.2) is 0 Å². The second-order valence-corrected chi connectivity index (χ2v) is 6.39. The number of halogens is 1. The van der Waals surface area contributed by atoms with Crippen molar-refractivity contribution >= 4 is 33.2 Å². The molecule has 0 aromatic carbocycles. The van der Waals surface area contributed by atoms with Crippen molar-refractivity contribution in [2.24, 2.45) is 0 Å². The average molecular weight is 288 g/mol. The number of carbonyl (C=O) groups excluding carboxylic acids is 1. The minimum absolute atomic E-state index is 0.0840. The predicted octanol–water partition coefficient (Wildman–Crippen LogP) is 3.49. The maximum Gasteiger partial charge on any atom is 0.261 e. The molecule has 0 saturated heterocycles. The summed E-state index contributed by atoms with van der Waals surface area (Å²) in [5, 5.41) is 3.09. The molecule has 82 valence electrons. The van der Waals surface area contributed by atoms with Crippen LogP contribution in [0.15, 0.2) is 9.85 Å². The van der Waals surface area contributed by atoms with Gasteiger partial charge in [-0.2, -0.15) is 0 Å². The van der Waals surface area contributed by atoms with Gasteiger partial charge in [-0.1, -0.05) is 12.8 Å². The molecule has 0 atom stereocenters. The topological polar surface area (TPSA) is 29.1 Å². The summed E-state index contributed by atoms with van der Waals surface area (Å²) in [7, 11) is 0. The van der Waals surface area contributed by atoms with Gasteiger partial charge in [0.25, 0.3) is 5.91 Å². The lowest BCUT2D eigenvalue weighted by Gasteiger charge is -2.10. The van der Waals surface area contributed by atoms with Gasteiger partial charge in [-0.15, -0.1) is 11.3 Å². The van der Waals surface area contributed by atoms with Crippen molar-refractivity contribution in [1.29, 1.82) is 0 Å². The molecule has 4 heteroatoms. The Morgan fingerprint density at radius 1 is 1.53 bits per heavy atom. The fourth-order valence-corrected chi connectivity index (χ4v) is 3.34. The highest BCUT2D eigenvalue weighted by Gasteiger charge is 2.19. The Kier molecular flexibility index (Phi) is 3.46. The van der Waals surface area contributed by atoms with Gasteiger partial charge < -0.3 is 5.32 Å². The lowest BCUT2D eigenvalue weighted by atomic mass is 10.2. The second-order valence-electron chi connectivity index (χ2n) is 4.02. The molecule has 1 fully saturated rings. The summed E-state index contributed by atoms with van der Waals surface area (Å²) in [5.74, 6) is 0.0840. The van der Waals surface area contributed by atoms with E-state index in [-0.39, 0.29) is 5.91 Å². The summed E-state index contributed by atoms with van der Waals surface area (Å²) >= 11 is 4.95. The number of hydrogen-bond acceptors (Lipinski definition) is 2. The molecule has 0 bridgehead atoms. The van der Waals surface area contributed by atoms with E-state index in [9.17, 15) is 4.79 Å². The second kappa shape index (κ2) is 4.66. The van der Waals surface area contributed by atoms with Gasteiger partial charge in [-0.3, -0.25) is 4.79 Å². The van der Waals surface area contributed by atoms with Gasteiger partial charge in [0.15, 0.2) is 0 Å². The smallest absolute Gasteiger partial charge is 0.261 e. The molecule has 0 unspecified atom stereocenters. The lowest BCUT2D eigenvalue weighted by Crippen LogP contribution is -2.31. The largest absolute Gasteiger partial charge is 0.349 e. The zero-order valence-electron chi connectivity index (χ0n) is 8.68. The Balaban J connectivity index is 2.00. The van der Waals surface area contributed by atoms with Gasteiger partial charge >= 0.3 is 0 Å². The van der Waals surface area contributed by atoms with E-state index in [1.54, 1.807) is 0 Å². The Morgan fingerprint density at radius 3 is 2.73 bits per heavy atom. The van der Waals surface area contributed by atoms with E-state index < -0.39 is 0 Å². The van der Waals surface area contributed by atoms with Crippen molar-refractivity contribution in [3.05, 3.63) is 20.3 Å². The van der Waals surface area contributed by atoms with Crippen LogP contribution >= 0.6 is 27.3 Å². The van der Waals surface area contributed by atoms with Crippen LogP contribution in [0, 0.1) is 6.92 Å². The Morgan fingerprint density at radius 2 is 2.20 bits per heavy atom. The van der Waals surface area contributed by atoms with Crippen LogP contribution in [0.1, 0.15) is 40.9 Å². The van der Waals surface area contributed by atoms with Crippen molar-refractivity contribution in [2.45, 2.75) is 38.6 Å². The number of rotatable bonds is 2. The zero-order valence-corrected chi connectivity index (χ0v) is 11.1. The summed E-state index contributed by atoms with van der Waals surface area (Å²) in [6.07, 6.45) is 4.77. The van der Waals surface area contributed by atoms with Crippen LogP contribution < -0.4 is 5.32 Å². The summed E-state index contributed by atoms with van der Waals surface area (Å²) in [6, 6.07) is 2.35. The summed E-state index contributed by atoms with van der Waals surface area (Å²) < 4.78 is 1.05. The van der Waals surface area contributed by atoms with Gasteiger partial charge in [0.1, 0.15) is 0 Å². The first kappa shape index (κ1) is 11.1. The van der Waals surface area contributed by atoms with E-state index in [1.807, 2.05) is 13.0 Å². The lowest BCUT2D eigenvalue weighted by molar-refractivity contribution is 0.0942. The van der Waals surface area contributed by atoms with Crippen LogP contribution in [0.3, 0.4) is 0 Å². The molecule has 1 aliphatic rings. The Labute approximate surface area is 102 Å². The molecule has 1 aromatic heterocycles. The third-order valence-electron chi connectivity index (χ3n) is 2.77. The molecule has 0 spiro atoms. The monoisotopic (exact) mass is 287 g/mol.